The molecule has 0 bridgehead atoms. The number of rotatable bonds is 3. The zero-order chi connectivity index (χ0) is 18.2. The molecule has 0 fully saturated rings. The highest BCUT2D eigenvalue weighted by Crippen LogP contribution is 2.48. The van der Waals surface area contributed by atoms with Crippen molar-refractivity contribution in [1.82, 2.24) is 5.01 Å². The number of ether oxygens (including phenoxy) is 2. The molecule has 0 aliphatic carbocycles. The molecule has 3 aromatic rings. The van der Waals surface area contributed by atoms with E-state index in [9.17, 15) is 0 Å². The maximum absolute atomic E-state index is 6.40. The molecule has 4 heteroatoms. The van der Waals surface area contributed by atoms with Crippen LogP contribution in [0.4, 0.5) is 0 Å². The van der Waals surface area contributed by atoms with Crippen LogP contribution in [0.2, 0.25) is 0 Å². The van der Waals surface area contributed by atoms with E-state index >= 15 is 0 Å². The number of benzene rings is 3. The Balaban J connectivity index is 1.63. The minimum absolute atomic E-state index is 0.153. The van der Waals surface area contributed by atoms with Crippen LogP contribution in [0.3, 0.4) is 0 Å². The topological polar surface area (TPSA) is 34.1 Å². The first-order valence-electron chi connectivity index (χ1n) is 9.15. The summed E-state index contributed by atoms with van der Waals surface area (Å²) in [5.41, 5.74) is 4.40. The van der Waals surface area contributed by atoms with Crippen molar-refractivity contribution in [3.63, 3.8) is 0 Å². The van der Waals surface area contributed by atoms with Gasteiger partial charge < -0.3 is 9.47 Å². The number of para-hydroxylation sites is 2. The maximum Gasteiger partial charge on any atom is 0.217 e. The standard InChI is InChI=1S/C23H20N2O2/c1-26-21-13-7-6-12-18(21)23-25-20(17-11-5-8-14-22(17)27-23)15-19(24-25)16-9-3-2-4-10-16/h2-14,20,23H,15H2,1H3/t20-,23-/m1/s1. The summed E-state index contributed by atoms with van der Waals surface area (Å²) in [4.78, 5) is 0. The largest absolute Gasteiger partial charge is 0.496 e. The lowest BCUT2D eigenvalue weighted by Crippen LogP contribution is -2.33. The van der Waals surface area contributed by atoms with Gasteiger partial charge in [-0.25, -0.2) is 5.01 Å². The second-order valence-corrected chi connectivity index (χ2v) is 6.76. The average molecular weight is 356 g/mol. The highest BCUT2D eigenvalue weighted by molar-refractivity contribution is 6.01. The number of methoxy groups -OCH3 is 1. The molecule has 2 atom stereocenters. The van der Waals surface area contributed by atoms with Crippen LogP contribution in [0, 0.1) is 0 Å². The molecule has 2 aliphatic heterocycles. The molecule has 27 heavy (non-hydrogen) atoms. The molecule has 0 saturated carbocycles. The Labute approximate surface area is 158 Å². The van der Waals surface area contributed by atoms with Crippen molar-refractivity contribution in [1.29, 1.82) is 0 Å². The predicted molar refractivity (Wildman–Crippen MR) is 105 cm³/mol. The van der Waals surface area contributed by atoms with Crippen LogP contribution >= 0.6 is 0 Å². The summed E-state index contributed by atoms with van der Waals surface area (Å²) in [6.45, 7) is 0. The molecule has 3 aromatic carbocycles. The number of fused-ring (bicyclic) bond motifs is 3. The third kappa shape index (κ3) is 2.65. The molecule has 0 unspecified atom stereocenters. The molecule has 0 amide bonds. The lowest BCUT2D eigenvalue weighted by molar-refractivity contribution is -0.0203. The summed E-state index contributed by atoms with van der Waals surface area (Å²) in [5.74, 6) is 1.73. The highest BCUT2D eigenvalue weighted by atomic mass is 16.5. The first-order chi connectivity index (χ1) is 13.3. The normalized spacial score (nSPS) is 20.3. The zero-order valence-corrected chi connectivity index (χ0v) is 15.1. The number of nitrogens with zero attached hydrogens (tertiary/aromatic N) is 2. The van der Waals surface area contributed by atoms with Crippen molar-refractivity contribution in [2.75, 3.05) is 7.11 Å². The van der Waals surface area contributed by atoms with Crippen LogP contribution in [0.5, 0.6) is 11.5 Å². The van der Waals surface area contributed by atoms with E-state index in [0.29, 0.717) is 0 Å². The molecular formula is C23H20N2O2. The molecule has 4 nitrogen and oxygen atoms in total. The smallest absolute Gasteiger partial charge is 0.217 e. The fraction of sp³-hybridized carbons (Fsp3) is 0.174. The van der Waals surface area contributed by atoms with Gasteiger partial charge in [-0.1, -0.05) is 60.7 Å². The van der Waals surface area contributed by atoms with Gasteiger partial charge in [-0.3, -0.25) is 0 Å². The van der Waals surface area contributed by atoms with Crippen LogP contribution in [-0.4, -0.2) is 17.8 Å². The van der Waals surface area contributed by atoms with Crippen LogP contribution in [0.1, 0.15) is 35.4 Å². The maximum atomic E-state index is 6.40. The third-order valence-electron chi connectivity index (χ3n) is 5.21. The van der Waals surface area contributed by atoms with E-state index in [-0.39, 0.29) is 12.3 Å². The molecule has 0 N–H and O–H groups in total. The lowest BCUT2D eigenvalue weighted by Gasteiger charge is -2.38. The Morgan fingerprint density at radius 3 is 2.41 bits per heavy atom. The summed E-state index contributed by atoms with van der Waals surface area (Å²) in [5, 5.41) is 7.07. The predicted octanol–water partition coefficient (Wildman–Crippen LogP) is 4.94. The lowest BCUT2D eigenvalue weighted by atomic mass is 9.96. The number of hydrazone groups is 1. The van der Waals surface area contributed by atoms with Crippen molar-refractivity contribution < 1.29 is 9.47 Å². The van der Waals surface area contributed by atoms with Gasteiger partial charge >= 0.3 is 0 Å². The molecular weight excluding hydrogens is 336 g/mol. The quantitative estimate of drug-likeness (QED) is 0.667. The number of hydrogen-bond donors (Lipinski definition) is 0. The summed E-state index contributed by atoms with van der Waals surface area (Å²) in [6, 6.07) is 26.8. The summed E-state index contributed by atoms with van der Waals surface area (Å²) < 4.78 is 12.0. The Morgan fingerprint density at radius 2 is 1.59 bits per heavy atom. The van der Waals surface area contributed by atoms with E-state index in [0.717, 1.165) is 34.8 Å². The van der Waals surface area contributed by atoms with E-state index in [1.165, 1.54) is 5.56 Å². The van der Waals surface area contributed by atoms with Crippen LogP contribution < -0.4 is 9.47 Å². The van der Waals surface area contributed by atoms with Gasteiger partial charge in [0.2, 0.25) is 6.23 Å². The van der Waals surface area contributed by atoms with Gasteiger partial charge in [0.1, 0.15) is 11.5 Å². The average Bonchev–Trinajstić information content (AvgIpc) is 3.19. The van der Waals surface area contributed by atoms with Crippen molar-refractivity contribution in [3.05, 3.63) is 95.6 Å². The van der Waals surface area contributed by atoms with E-state index in [2.05, 4.69) is 41.4 Å². The molecule has 5 rings (SSSR count). The van der Waals surface area contributed by atoms with Crippen LogP contribution in [0.25, 0.3) is 0 Å². The molecule has 0 saturated heterocycles. The van der Waals surface area contributed by atoms with Gasteiger partial charge in [0.15, 0.2) is 0 Å². The summed E-state index contributed by atoms with van der Waals surface area (Å²) in [6.07, 6.45) is 0.540. The van der Waals surface area contributed by atoms with Gasteiger partial charge in [0, 0.05) is 12.0 Å². The second kappa shape index (κ2) is 6.47. The van der Waals surface area contributed by atoms with Crippen LogP contribution in [0.15, 0.2) is 84.0 Å². The summed E-state index contributed by atoms with van der Waals surface area (Å²) in [7, 11) is 1.69. The van der Waals surface area contributed by atoms with Gasteiger partial charge in [0.25, 0.3) is 0 Å². The minimum atomic E-state index is -0.317. The fourth-order valence-corrected chi connectivity index (χ4v) is 3.91. The second-order valence-electron chi connectivity index (χ2n) is 6.76. The third-order valence-corrected chi connectivity index (χ3v) is 5.21. The monoisotopic (exact) mass is 356 g/mol. The fourth-order valence-electron chi connectivity index (χ4n) is 3.91. The van der Waals surface area contributed by atoms with Gasteiger partial charge in [-0.05, 0) is 23.8 Å². The molecule has 0 radical (unpaired) electrons. The van der Waals surface area contributed by atoms with Gasteiger partial charge in [-0.2, -0.15) is 5.10 Å². The highest BCUT2D eigenvalue weighted by Gasteiger charge is 2.41. The summed E-state index contributed by atoms with van der Waals surface area (Å²) >= 11 is 0. The molecule has 134 valence electrons. The van der Waals surface area contributed by atoms with Crippen molar-refractivity contribution in [2.45, 2.75) is 18.7 Å². The Kier molecular flexibility index (Phi) is 3.82. The Bertz CT molecular complexity index is 1000. The Hall–Kier alpha value is -3.27. The molecule has 0 aromatic heterocycles. The van der Waals surface area contributed by atoms with E-state index in [1.54, 1.807) is 7.11 Å². The molecule has 2 aliphatic rings. The van der Waals surface area contributed by atoms with E-state index in [4.69, 9.17) is 14.6 Å². The first-order valence-corrected chi connectivity index (χ1v) is 9.15. The SMILES string of the molecule is COc1ccccc1[C@H]1Oc2ccccc2[C@H]2CC(c3ccccc3)=NN21. The van der Waals surface area contributed by atoms with E-state index < -0.39 is 0 Å². The number of hydrogen-bond acceptors (Lipinski definition) is 4. The van der Waals surface area contributed by atoms with Gasteiger partial charge in [-0.15, -0.1) is 0 Å². The van der Waals surface area contributed by atoms with Crippen molar-refractivity contribution in [2.24, 2.45) is 5.10 Å². The van der Waals surface area contributed by atoms with Crippen molar-refractivity contribution >= 4 is 5.71 Å². The first kappa shape index (κ1) is 15.9. The minimum Gasteiger partial charge on any atom is -0.496 e. The van der Waals surface area contributed by atoms with Crippen molar-refractivity contribution in [3.8, 4) is 11.5 Å². The van der Waals surface area contributed by atoms with Crippen LogP contribution in [-0.2, 0) is 0 Å². The Morgan fingerprint density at radius 1 is 0.889 bits per heavy atom. The zero-order valence-electron chi connectivity index (χ0n) is 15.1. The molecule has 0 spiro atoms. The van der Waals surface area contributed by atoms with E-state index in [1.807, 2.05) is 42.5 Å². The molecule has 2 heterocycles. The van der Waals surface area contributed by atoms with Gasteiger partial charge in [0.05, 0.1) is 24.4 Å².